The Hall–Kier alpha value is -1.61. The molecule has 0 atom stereocenters. The van der Waals surface area contributed by atoms with E-state index in [1.807, 2.05) is 11.4 Å². The number of nitrogen functional groups attached to an aromatic ring is 1. The van der Waals surface area contributed by atoms with Crippen LogP contribution in [0.2, 0.25) is 0 Å². The van der Waals surface area contributed by atoms with Crippen molar-refractivity contribution in [2.75, 3.05) is 5.73 Å². The molecule has 0 aliphatic carbocycles. The molecule has 0 aliphatic rings. The molecule has 2 rings (SSSR count). The molecule has 0 amide bonds. The molecule has 2 N–H and O–H groups in total. The van der Waals surface area contributed by atoms with Crippen LogP contribution in [-0.2, 0) is 6.42 Å². The molecule has 0 saturated heterocycles. The fraction of sp³-hybridized carbons (Fsp3) is 0.154. The van der Waals surface area contributed by atoms with E-state index < -0.39 is 0 Å². The molecule has 0 aliphatic heterocycles. The molecule has 82 valence electrons. The number of rotatable bonds is 3. The second-order valence-electron chi connectivity index (χ2n) is 3.58. The van der Waals surface area contributed by atoms with Gasteiger partial charge in [0.25, 0.3) is 0 Å². The summed E-state index contributed by atoms with van der Waals surface area (Å²) in [5.41, 5.74) is 8.09. The fourth-order valence-corrected chi connectivity index (χ4v) is 2.54. The van der Waals surface area contributed by atoms with Crippen LogP contribution in [0.25, 0.3) is 0 Å². The number of hydrogen-bond acceptors (Lipinski definition) is 3. The first-order chi connectivity index (χ1) is 7.72. The molecule has 0 radical (unpaired) electrons. The lowest BCUT2D eigenvalue weighted by Crippen LogP contribution is -2.01. The van der Waals surface area contributed by atoms with E-state index >= 15 is 0 Å². The second kappa shape index (κ2) is 4.49. The normalized spacial score (nSPS) is 10.3. The third-order valence-electron chi connectivity index (χ3n) is 2.51. The minimum Gasteiger partial charge on any atom is -0.399 e. The Labute approximate surface area is 98.7 Å². The highest BCUT2D eigenvalue weighted by Crippen LogP contribution is 2.21. The third kappa shape index (κ3) is 1.99. The van der Waals surface area contributed by atoms with E-state index in [1.165, 1.54) is 11.3 Å². The number of carbonyl (C=O) groups is 1. The summed E-state index contributed by atoms with van der Waals surface area (Å²) < 4.78 is 0. The molecule has 2 nitrogen and oxygen atoms in total. The monoisotopic (exact) mass is 231 g/mol. The van der Waals surface area contributed by atoms with Gasteiger partial charge in [-0.25, -0.2) is 0 Å². The predicted octanol–water partition coefficient (Wildman–Crippen LogP) is 3.12. The summed E-state index contributed by atoms with van der Waals surface area (Å²) in [6.07, 6.45) is 0.888. The summed E-state index contributed by atoms with van der Waals surface area (Å²) in [4.78, 5) is 13.0. The number of hydrogen-bond donors (Lipinski definition) is 1. The van der Waals surface area contributed by atoms with Crippen LogP contribution in [0, 0.1) is 0 Å². The lowest BCUT2D eigenvalue weighted by molar-refractivity contribution is 0.104. The van der Waals surface area contributed by atoms with Gasteiger partial charge in [0.2, 0.25) is 5.78 Å². The molecule has 0 bridgehead atoms. The van der Waals surface area contributed by atoms with Crippen molar-refractivity contribution in [3.05, 3.63) is 51.7 Å². The Kier molecular flexibility index (Phi) is 3.06. The van der Waals surface area contributed by atoms with Crippen molar-refractivity contribution in [3.8, 4) is 0 Å². The molecule has 16 heavy (non-hydrogen) atoms. The van der Waals surface area contributed by atoms with E-state index in [9.17, 15) is 4.79 Å². The van der Waals surface area contributed by atoms with E-state index in [4.69, 9.17) is 5.73 Å². The number of carbonyl (C=O) groups excluding carboxylic acids is 1. The SMILES string of the molecule is CCc1ccsc1C(=O)c1ccc(N)cc1. The third-order valence-corrected chi connectivity index (χ3v) is 3.46. The number of nitrogens with two attached hydrogens (primary N) is 1. The van der Waals surface area contributed by atoms with E-state index in [0.29, 0.717) is 11.3 Å². The minimum absolute atomic E-state index is 0.0897. The van der Waals surface area contributed by atoms with Crippen LogP contribution < -0.4 is 5.73 Å². The van der Waals surface area contributed by atoms with Crippen molar-refractivity contribution in [2.45, 2.75) is 13.3 Å². The van der Waals surface area contributed by atoms with E-state index in [1.54, 1.807) is 24.3 Å². The van der Waals surface area contributed by atoms with Crippen molar-refractivity contribution < 1.29 is 4.79 Å². The van der Waals surface area contributed by atoms with Gasteiger partial charge in [-0.1, -0.05) is 6.92 Å². The van der Waals surface area contributed by atoms with Crippen LogP contribution in [0.15, 0.2) is 35.7 Å². The highest BCUT2D eigenvalue weighted by atomic mass is 32.1. The fourth-order valence-electron chi connectivity index (χ4n) is 1.58. The highest BCUT2D eigenvalue weighted by Gasteiger charge is 2.13. The van der Waals surface area contributed by atoms with Gasteiger partial charge in [0.05, 0.1) is 4.88 Å². The van der Waals surface area contributed by atoms with Gasteiger partial charge in [0, 0.05) is 11.3 Å². The lowest BCUT2D eigenvalue weighted by Gasteiger charge is -2.01. The highest BCUT2D eigenvalue weighted by molar-refractivity contribution is 7.12. The molecule has 0 spiro atoms. The largest absolute Gasteiger partial charge is 0.399 e. The number of anilines is 1. The predicted molar refractivity (Wildman–Crippen MR) is 68.0 cm³/mol. The van der Waals surface area contributed by atoms with Crippen LogP contribution in [0.4, 0.5) is 5.69 Å². The van der Waals surface area contributed by atoms with Crippen molar-refractivity contribution in [2.24, 2.45) is 0 Å². The number of thiophene rings is 1. The maximum absolute atomic E-state index is 12.2. The topological polar surface area (TPSA) is 43.1 Å². The molecule has 3 heteroatoms. The standard InChI is InChI=1S/C13H13NOS/c1-2-9-7-8-16-13(9)12(15)10-3-5-11(14)6-4-10/h3-8H,2,14H2,1H3. The van der Waals surface area contributed by atoms with Gasteiger partial charge < -0.3 is 5.73 Å². The smallest absolute Gasteiger partial charge is 0.203 e. The molecule has 0 saturated carbocycles. The summed E-state index contributed by atoms with van der Waals surface area (Å²) in [6.45, 7) is 2.06. The minimum atomic E-state index is 0.0897. The molecule has 2 aromatic rings. The van der Waals surface area contributed by atoms with Crippen LogP contribution >= 0.6 is 11.3 Å². The Morgan fingerprint density at radius 3 is 2.56 bits per heavy atom. The van der Waals surface area contributed by atoms with Crippen molar-refractivity contribution >= 4 is 22.8 Å². The van der Waals surface area contributed by atoms with E-state index in [0.717, 1.165) is 16.9 Å². The van der Waals surface area contributed by atoms with Gasteiger partial charge in [0.15, 0.2) is 0 Å². The van der Waals surface area contributed by atoms with Gasteiger partial charge in [-0.2, -0.15) is 0 Å². The zero-order chi connectivity index (χ0) is 11.5. The average molecular weight is 231 g/mol. The molecular weight excluding hydrogens is 218 g/mol. The molecule has 1 aromatic carbocycles. The Morgan fingerprint density at radius 2 is 1.94 bits per heavy atom. The first-order valence-electron chi connectivity index (χ1n) is 5.19. The maximum atomic E-state index is 12.2. The van der Waals surface area contributed by atoms with Gasteiger partial charge in [0.1, 0.15) is 0 Å². The first-order valence-corrected chi connectivity index (χ1v) is 6.07. The van der Waals surface area contributed by atoms with Gasteiger partial charge in [-0.05, 0) is 47.7 Å². The quantitative estimate of drug-likeness (QED) is 0.651. The summed E-state index contributed by atoms with van der Waals surface area (Å²) in [5.74, 6) is 0.0897. The number of benzene rings is 1. The molecule has 1 aromatic heterocycles. The van der Waals surface area contributed by atoms with Crippen LogP contribution in [0.1, 0.15) is 27.7 Å². The first kappa shape index (κ1) is 10.9. The van der Waals surface area contributed by atoms with Crippen molar-refractivity contribution in [3.63, 3.8) is 0 Å². The van der Waals surface area contributed by atoms with Crippen LogP contribution in [-0.4, -0.2) is 5.78 Å². The molecular formula is C13H13NOS. The van der Waals surface area contributed by atoms with Crippen LogP contribution in [0.5, 0.6) is 0 Å². The summed E-state index contributed by atoms with van der Waals surface area (Å²) in [6, 6.07) is 9.07. The Balaban J connectivity index is 2.35. The van der Waals surface area contributed by atoms with Gasteiger partial charge in [-0.15, -0.1) is 11.3 Å². The zero-order valence-corrected chi connectivity index (χ0v) is 9.88. The van der Waals surface area contributed by atoms with Gasteiger partial charge >= 0.3 is 0 Å². The average Bonchev–Trinajstić information content (AvgIpc) is 2.77. The molecule has 1 heterocycles. The Bertz CT molecular complexity index is 499. The molecule has 0 unspecified atom stereocenters. The van der Waals surface area contributed by atoms with E-state index in [2.05, 4.69) is 6.92 Å². The van der Waals surface area contributed by atoms with Crippen molar-refractivity contribution in [1.82, 2.24) is 0 Å². The molecule has 0 fully saturated rings. The second-order valence-corrected chi connectivity index (χ2v) is 4.50. The van der Waals surface area contributed by atoms with E-state index in [-0.39, 0.29) is 5.78 Å². The Morgan fingerprint density at radius 1 is 1.25 bits per heavy atom. The van der Waals surface area contributed by atoms with Crippen molar-refractivity contribution in [1.29, 1.82) is 0 Å². The lowest BCUT2D eigenvalue weighted by atomic mass is 10.1. The zero-order valence-electron chi connectivity index (χ0n) is 9.07. The summed E-state index contributed by atoms with van der Waals surface area (Å²) >= 11 is 1.50. The maximum Gasteiger partial charge on any atom is 0.203 e. The van der Waals surface area contributed by atoms with Crippen LogP contribution in [0.3, 0.4) is 0 Å². The van der Waals surface area contributed by atoms with Gasteiger partial charge in [-0.3, -0.25) is 4.79 Å². The number of ketones is 1. The number of aryl methyl sites for hydroxylation is 1. The summed E-state index contributed by atoms with van der Waals surface area (Å²) in [5, 5.41) is 1.96. The summed E-state index contributed by atoms with van der Waals surface area (Å²) in [7, 11) is 0.